The SMILES string of the molecule is [C-]#[N+]C(C)(C)/N=C/C(=N\N)C(=O)NCc1nnc(-c2ccccc2)s1. The standard InChI is InChI=1S/C16H17N7OS/c1-16(2,18-3)20-9-12(21-17)14(24)19-10-13-22-23-15(25-13)11-7-5-4-6-8-11/h4-9H,10,17H2,1-2H3,(H,19,24)/b20-9+,21-12+. The van der Waals surface area contributed by atoms with Crippen molar-refractivity contribution in [1.82, 2.24) is 15.5 Å². The Labute approximate surface area is 149 Å². The van der Waals surface area contributed by atoms with E-state index in [2.05, 4.69) is 30.5 Å². The van der Waals surface area contributed by atoms with E-state index in [9.17, 15) is 4.79 Å². The maximum atomic E-state index is 12.1. The highest BCUT2D eigenvalue weighted by atomic mass is 32.1. The molecule has 2 rings (SSSR count). The minimum Gasteiger partial charge on any atom is -0.344 e. The van der Waals surface area contributed by atoms with E-state index in [4.69, 9.17) is 12.4 Å². The van der Waals surface area contributed by atoms with Gasteiger partial charge in [-0.15, -0.1) is 10.2 Å². The topological polar surface area (TPSA) is 110 Å². The van der Waals surface area contributed by atoms with E-state index in [-0.39, 0.29) is 12.3 Å². The van der Waals surface area contributed by atoms with Gasteiger partial charge >= 0.3 is 5.66 Å². The van der Waals surface area contributed by atoms with Crippen molar-refractivity contribution in [3.05, 3.63) is 46.8 Å². The van der Waals surface area contributed by atoms with Crippen LogP contribution in [0.5, 0.6) is 0 Å². The fourth-order valence-electron chi connectivity index (χ4n) is 1.67. The fourth-order valence-corrected chi connectivity index (χ4v) is 2.45. The van der Waals surface area contributed by atoms with Crippen LogP contribution in [-0.4, -0.2) is 33.7 Å². The van der Waals surface area contributed by atoms with Crippen molar-refractivity contribution in [2.24, 2.45) is 15.9 Å². The summed E-state index contributed by atoms with van der Waals surface area (Å²) < 4.78 is 0. The van der Waals surface area contributed by atoms with E-state index in [1.807, 2.05) is 30.3 Å². The van der Waals surface area contributed by atoms with Crippen molar-refractivity contribution < 1.29 is 4.79 Å². The molecular weight excluding hydrogens is 338 g/mol. The van der Waals surface area contributed by atoms with Gasteiger partial charge in [0.2, 0.25) is 0 Å². The van der Waals surface area contributed by atoms with Gasteiger partial charge in [-0.1, -0.05) is 41.7 Å². The Bertz CT molecular complexity index is 834. The van der Waals surface area contributed by atoms with Gasteiger partial charge in [-0.05, 0) is 0 Å². The Morgan fingerprint density at radius 3 is 2.76 bits per heavy atom. The lowest BCUT2D eigenvalue weighted by atomic mass is 10.2. The Balaban J connectivity index is 1.98. The quantitative estimate of drug-likeness (QED) is 0.357. The molecule has 128 valence electrons. The van der Waals surface area contributed by atoms with Gasteiger partial charge in [-0.3, -0.25) is 9.64 Å². The van der Waals surface area contributed by atoms with Crippen LogP contribution < -0.4 is 11.2 Å². The molecule has 0 unspecified atom stereocenters. The zero-order valence-electron chi connectivity index (χ0n) is 13.8. The molecule has 0 atom stereocenters. The van der Waals surface area contributed by atoms with Gasteiger partial charge in [0.05, 0.1) is 12.8 Å². The summed E-state index contributed by atoms with van der Waals surface area (Å²) in [6.45, 7) is 10.4. The van der Waals surface area contributed by atoms with Crippen LogP contribution in [0.2, 0.25) is 0 Å². The summed E-state index contributed by atoms with van der Waals surface area (Å²) in [6.07, 6.45) is 1.20. The molecular formula is C16H17N7OS. The van der Waals surface area contributed by atoms with Crippen LogP contribution in [0.4, 0.5) is 0 Å². The third-order valence-corrected chi connectivity index (χ3v) is 4.01. The van der Waals surface area contributed by atoms with Gasteiger partial charge in [0.1, 0.15) is 10.0 Å². The Hall–Kier alpha value is -3.12. The highest BCUT2D eigenvalue weighted by molar-refractivity contribution is 7.14. The van der Waals surface area contributed by atoms with Gasteiger partial charge in [-0.25, -0.2) is 11.6 Å². The second-order valence-corrected chi connectivity index (χ2v) is 6.49. The molecule has 1 aromatic heterocycles. The second-order valence-electron chi connectivity index (χ2n) is 5.43. The van der Waals surface area contributed by atoms with Crippen molar-refractivity contribution in [3.63, 3.8) is 0 Å². The predicted molar refractivity (Wildman–Crippen MR) is 98.0 cm³/mol. The Morgan fingerprint density at radius 2 is 2.12 bits per heavy atom. The molecule has 0 fully saturated rings. The third kappa shape index (κ3) is 5.19. The number of nitrogens with zero attached hydrogens (tertiary/aromatic N) is 5. The van der Waals surface area contributed by atoms with Crippen molar-refractivity contribution >= 4 is 29.2 Å². The molecule has 3 N–H and O–H groups in total. The first-order valence-electron chi connectivity index (χ1n) is 7.33. The van der Waals surface area contributed by atoms with Crippen molar-refractivity contribution in [3.8, 4) is 10.6 Å². The van der Waals surface area contributed by atoms with Gasteiger partial charge in [0.25, 0.3) is 5.91 Å². The minimum atomic E-state index is -0.972. The van der Waals surface area contributed by atoms with Gasteiger partial charge < -0.3 is 11.2 Å². The number of hydrogen-bond donors (Lipinski definition) is 2. The Morgan fingerprint density at radius 1 is 1.40 bits per heavy atom. The molecule has 0 saturated heterocycles. The number of benzene rings is 1. The lowest BCUT2D eigenvalue weighted by Crippen LogP contribution is -2.32. The first-order valence-corrected chi connectivity index (χ1v) is 8.14. The molecule has 0 radical (unpaired) electrons. The number of nitrogens with one attached hydrogen (secondary N) is 1. The monoisotopic (exact) mass is 355 g/mol. The number of amides is 1. The van der Waals surface area contributed by atoms with Crippen LogP contribution >= 0.6 is 11.3 Å². The number of carbonyl (C=O) groups is 1. The Kier molecular flexibility index (Phi) is 5.92. The highest BCUT2D eigenvalue weighted by Crippen LogP contribution is 2.22. The van der Waals surface area contributed by atoms with E-state index in [1.54, 1.807) is 13.8 Å². The van der Waals surface area contributed by atoms with Crippen LogP contribution in [0.15, 0.2) is 40.4 Å². The van der Waals surface area contributed by atoms with Gasteiger partial charge in [0, 0.05) is 19.4 Å². The maximum Gasteiger partial charge on any atom is 0.318 e. The molecule has 0 spiro atoms. The van der Waals surface area contributed by atoms with Crippen molar-refractivity contribution in [2.75, 3.05) is 0 Å². The third-order valence-electron chi connectivity index (χ3n) is 3.04. The summed E-state index contributed by atoms with van der Waals surface area (Å²) in [7, 11) is 0. The number of hydrazone groups is 1. The largest absolute Gasteiger partial charge is 0.344 e. The average molecular weight is 355 g/mol. The van der Waals surface area contributed by atoms with Crippen LogP contribution in [0.3, 0.4) is 0 Å². The summed E-state index contributed by atoms with van der Waals surface area (Å²) in [5.74, 6) is 4.73. The summed E-state index contributed by atoms with van der Waals surface area (Å²) >= 11 is 1.39. The molecule has 0 aliphatic carbocycles. The van der Waals surface area contributed by atoms with Gasteiger partial charge in [-0.2, -0.15) is 5.10 Å². The van der Waals surface area contributed by atoms with Crippen LogP contribution in [0, 0.1) is 6.57 Å². The van der Waals surface area contributed by atoms with E-state index in [0.29, 0.717) is 5.01 Å². The van der Waals surface area contributed by atoms with Crippen molar-refractivity contribution in [1.29, 1.82) is 0 Å². The molecule has 0 saturated carbocycles. The molecule has 2 aromatic rings. The first-order chi connectivity index (χ1) is 11.9. The predicted octanol–water partition coefficient (Wildman–Crippen LogP) is 1.86. The van der Waals surface area contributed by atoms with E-state index < -0.39 is 11.6 Å². The second kappa shape index (κ2) is 8.12. The number of hydrogen-bond acceptors (Lipinski definition) is 7. The highest BCUT2D eigenvalue weighted by Gasteiger charge is 2.20. The molecule has 0 bridgehead atoms. The van der Waals surface area contributed by atoms with Crippen LogP contribution in [0.25, 0.3) is 15.4 Å². The number of nitrogens with two attached hydrogens (primary N) is 1. The number of rotatable bonds is 6. The maximum absolute atomic E-state index is 12.1. The molecule has 8 nitrogen and oxygen atoms in total. The summed E-state index contributed by atoms with van der Waals surface area (Å²) in [4.78, 5) is 19.4. The zero-order chi connectivity index (χ0) is 18.3. The molecule has 1 heterocycles. The normalized spacial score (nSPS) is 12.1. The minimum absolute atomic E-state index is 0.0653. The smallest absolute Gasteiger partial charge is 0.318 e. The number of carbonyl (C=O) groups excluding carboxylic acids is 1. The lowest BCUT2D eigenvalue weighted by molar-refractivity contribution is -0.114. The number of aromatic nitrogens is 2. The van der Waals surface area contributed by atoms with Crippen molar-refractivity contribution in [2.45, 2.75) is 26.1 Å². The summed E-state index contributed by atoms with van der Waals surface area (Å²) in [6, 6.07) is 9.66. The van der Waals surface area contributed by atoms with E-state index in [0.717, 1.165) is 10.6 Å². The number of aliphatic imine (C=N–C) groups is 1. The average Bonchev–Trinajstić information content (AvgIpc) is 3.10. The van der Waals surface area contributed by atoms with E-state index >= 15 is 0 Å². The molecule has 0 aliphatic heterocycles. The molecule has 25 heavy (non-hydrogen) atoms. The molecule has 1 aromatic carbocycles. The first kappa shape index (κ1) is 18.2. The summed E-state index contributed by atoms with van der Waals surface area (Å²) in [5, 5.41) is 15.7. The molecule has 9 heteroatoms. The molecule has 0 aliphatic rings. The van der Waals surface area contributed by atoms with Crippen LogP contribution in [0.1, 0.15) is 18.9 Å². The summed E-state index contributed by atoms with van der Waals surface area (Å²) in [5.41, 5.74) is -0.0696. The van der Waals surface area contributed by atoms with Crippen LogP contribution in [-0.2, 0) is 11.3 Å². The zero-order valence-corrected chi connectivity index (χ0v) is 14.6. The van der Waals surface area contributed by atoms with E-state index in [1.165, 1.54) is 17.6 Å². The fraction of sp³-hybridized carbons (Fsp3) is 0.250. The molecule has 1 amide bonds. The lowest BCUT2D eigenvalue weighted by Gasteiger charge is -2.05. The van der Waals surface area contributed by atoms with Gasteiger partial charge in [0.15, 0.2) is 5.71 Å².